The third kappa shape index (κ3) is 1.99. The number of amidine groups is 1. The largest absolute Gasteiger partial charge is 0.399 e. The van der Waals surface area contributed by atoms with Gasteiger partial charge in [0.15, 0.2) is 0 Å². The molecule has 1 heterocycles. The van der Waals surface area contributed by atoms with Gasteiger partial charge in [-0.15, -0.1) is 0 Å². The summed E-state index contributed by atoms with van der Waals surface area (Å²) in [6.45, 7) is 0.956. The summed E-state index contributed by atoms with van der Waals surface area (Å²) in [6, 6.07) is 7.71. The molecular weight excluding hydrogens is 162 g/mol. The topological polar surface area (TPSA) is 50.4 Å². The van der Waals surface area contributed by atoms with Gasteiger partial charge in [0, 0.05) is 24.3 Å². The van der Waals surface area contributed by atoms with E-state index in [1.165, 1.54) is 0 Å². The van der Waals surface area contributed by atoms with E-state index in [0.29, 0.717) is 0 Å². The lowest BCUT2D eigenvalue weighted by atomic mass is 10.2. The molecule has 0 fully saturated rings. The van der Waals surface area contributed by atoms with Crippen molar-refractivity contribution in [1.82, 2.24) is 0 Å². The van der Waals surface area contributed by atoms with Gasteiger partial charge in [-0.05, 0) is 30.7 Å². The molecule has 0 atom stereocenters. The molecule has 0 spiro atoms. The van der Waals surface area contributed by atoms with E-state index in [0.717, 1.165) is 36.6 Å². The molecular formula is C10H13N3. The van der Waals surface area contributed by atoms with Gasteiger partial charge in [-0.3, -0.25) is 4.99 Å². The second kappa shape index (κ2) is 3.47. The zero-order valence-corrected chi connectivity index (χ0v) is 7.46. The Morgan fingerprint density at radius 2 is 2.00 bits per heavy atom. The summed E-state index contributed by atoms with van der Waals surface area (Å²) in [4.78, 5) is 4.33. The fraction of sp³-hybridized carbons (Fsp3) is 0.300. The SMILES string of the molecule is Nc1ccc(NC2=NCCC2)cc1. The van der Waals surface area contributed by atoms with Crippen molar-refractivity contribution in [3.63, 3.8) is 0 Å². The molecule has 0 saturated carbocycles. The maximum atomic E-state index is 5.58. The Morgan fingerprint density at radius 3 is 2.62 bits per heavy atom. The Labute approximate surface area is 77.7 Å². The molecule has 3 heteroatoms. The summed E-state index contributed by atoms with van der Waals surface area (Å²) in [6.07, 6.45) is 2.22. The number of anilines is 2. The third-order valence-electron chi connectivity index (χ3n) is 2.07. The third-order valence-corrected chi connectivity index (χ3v) is 2.07. The average molecular weight is 175 g/mol. The Kier molecular flexibility index (Phi) is 2.17. The number of nitrogens with one attached hydrogen (secondary N) is 1. The minimum atomic E-state index is 0.791. The first-order valence-electron chi connectivity index (χ1n) is 4.50. The highest BCUT2D eigenvalue weighted by molar-refractivity contribution is 5.96. The highest BCUT2D eigenvalue weighted by atomic mass is 15.0. The quantitative estimate of drug-likeness (QED) is 0.640. The Hall–Kier alpha value is -1.51. The number of hydrogen-bond acceptors (Lipinski definition) is 3. The van der Waals surface area contributed by atoms with Gasteiger partial charge in [-0.25, -0.2) is 0 Å². The van der Waals surface area contributed by atoms with Gasteiger partial charge >= 0.3 is 0 Å². The average Bonchev–Trinajstić information content (AvgIpc) is 2.62. The molecule has 0 saturated heterocycles. The van der Waals surface area contributed by atoms with E-state index < -0.39 is 0 Å². The van der Waals surface area contributed by atoms with Crippen LogP contribution in [0.3, 0.4) is 0 Å². The van der Waals surface area contributed by atoms with Crippen LogP contribution in [0.4, 0.5) is 11.4 Å². The molecule has 0 radical (unpaired) electrons. The summed E-state index contributed by atoms with van der Waals surface area (Å²) in [5.74, 6) is 1.09. The van der Waals surface area contributed by atoms with Crippen LogP contribution in [0.2, 0.25) is 0 Å². The Morgan fingerprint density at radius 1 is 1.23 bits per heavy atom. The van der Waals surface area contributed by atoms with Crippen LogP contribution in [0.1, 0.15) is 12.8 Å². The van der Waals surface area contributed by atoms with Gasteiger partial charge in [-0.2, -0.15) is 0 Å². The first-order chi connectivity index (χ1) is 6.34. The van der Waals surface area contributed by atoms with Crippen LogP contribution in [-0.2, 0) is 0 Å². The van der Waals surface area contributed by atoms with E-state index in [1.54, 1.807) is 0 Å². The number of nitrogen functional groups attached to an aromatic ring is 1. The summed E-state index contributed by atoms with van der Waals surface area (Å²) in [5.41, 5.74) is 7.43. The van der Waals surface area contributed by atoms with E-state index in [1.807, 2.05) is 24.3 Å². The van der Waals surface area contributed by atoms with Crippen molar-refractivity contribution in [2.45, 2.75) is 12.8 Å². The smallest absolute Gasteiger partial charge is 0.101 e. The van der Waals surface area contributed by atoms with Gasteiger partial charge in [0.2, 0.25) is 0 Å². The van der Waals surface area contributed by atoms with E-state index in [4.69, 9.17) is 5.73 Å². The van der Waals surface area contributed by atoms with Gasteiger partial charge in [0.05, 0.1) is 0 Å². The van der Waals surface area contributed by atoms with Crippen molar-refractivity contribution in [3.8, 4) is 0 Å². The number of nitrogens with zero attached hydrogens (tertiary/aromatic N) is 1. The number of aliphatic imine (C=N–C) groups is 1. The molecule has 1 aliphatic heterocycles. The molecule has 0 aliphatic carbocycles. The van der Waals surface area contributed by atoms with Crippen molar-refractivity contribution in [2.24, 2.45) is 4.99 Å². The van der Waals surface area contributed by atoms with Crippen molar-refractivity contribution in [1.29, 1.82) is 0 Å². The highest BCUT2D eigenvalue weighted by Crippen LogP contribution is 2.13. The predicted molar refractivity (Wildman–Crippen MR) is 56.0 cm³/mol. The number of nitrogens with two attached hydrogens (primary N) is 1. The van der Waals surface area contributed by atoms with Crippen molar-refractivity contribution in [3.05, 3.63) is 24.3 Å². The summed E-state index contributed by atoms with van der Waals surface area (Å²) in [7, 11) is 0. The van der Waals surface area contributed by atoms with Crippen molar-refractivity contribution in [2.75, 3.05) is 17.6 Å². The maximum Gasteiger partial charge on any atom is 0.101 e. The van der Waals surface area contributed by atoms with Crippen molar-refractivity contribution < 1.29 is 0 Å². The molecule has 2 rings (SSSR count). The molecule has 68 valence electrons. The molecule has 13 heavy (non-hydrogen) atoms. The van der Waals surface area contributed by atoms with Crippen LogP contribution >= 0.6 is 0 Å². The lowest BCUT2D eigenvalue weighted by Crippen LogP contribution is -2.07. The number of rotatable bonds is 1. The lowest BCUT2D eigenvalue weighted by molar-refractivity contribution is 0.951. The molecule has 3 N–H and O–H groups in total. The van der Waals surface area contributed by atoms with Crippen LogP contribution in [0.5, 0.6) is 0 Å². The monoisotopic (exact) mass is 175 g/mol. The fourth-order valence-electron chi connectivity index (χ4n) is 1.37. The van der Waals surface area contributed by atoms with Crippen LogP contribution in [0, 0.1) is 0 Å². The summed E-state index contributed by atoms with van der Waals surface area (Å²) in [5, 5.41) is 3.26. The minimum Gasteiger partial charge on any atom is -0.399 e. The predicted octanol–water partition coefficient (Wildman–Crippen LogP) is 1.87. The van der Waals surface area contributed by atoms with Crippen LogP contribution in [0.25, 0.3) is 0 Å². The van der Waals surface area contributed by atoms with Gasteiger partial charge in [-0.1, -0.05) is 0 Å². The van der Waals surface area contributed by atoms with Crippen LogP contribution in [-0.4, -0.2) is 12.4 Å². The first kappa shape index (κ1) is 8.10. The second-order valence-corrected chi connectivity index (χ2v) is 3.18. The molecule has 1 aromatic rings. The first-order valence-corrected chi connectivity index (χ1v) is 4.50. The number of hydrogen-bond donors (Lipinski definition) is 2. The van der Waals surface area contributed by atoms with Gasteiger partial charge in [0.25, 0.3) is 0 Å². The Bertz CT molecular complexity index is 313. The zero-order chi connectivity index (χ0) is 9.10. The van der Waals surface area contributed by atoms with Crippen LogP contribution < -0.4 is 11.1 Å². The number of benzene rings is 1. The molecule has 0 bridgehead atoms. The van der Waals surface area contributed by atoms with E-state index in [2.05, 4.69) is 10.3 Å². The maximum absolute atomic E-state index is 5.58. The standard InChI is InChI=1S/C10H13N3/c11-8-3-5-9(6-4-8)13-10-2-1-7-12-10/h3-6H,1-2,7,11H2,(H,12,13). The second-order valence-electron chi connectivity index (χ2n) is 3.18. The van der Waals surface area contributed by atoms with E-state index in [-0.39, 0.29) is 0 Å². The minimum absolute atomic E-state index is 0.791. The molecule has 0 amide bonds. The van der Waals surface area contributed by atoms with Gasteiger partial charge < -0.3 is 11.1 Å². The zero-order valence-electron chi connectivity index (χ0n) is 7.46. The Balaban J connectivity index is 2.05. The van der Waals surface area contributed by atoms with Crippen molar-refractivity contribution >= 4 is 17.2 Å². The van der Waals surface area contributed by atoms with E-state index >= 15 is 0 Å². The lowest BCUT2D eigenvalue weighted by Gasteiger charge is -2.05. The fourth-order valence-corrected chi connectivity index (χ4v) is 1.37. The highest BCUT2D eigenvalue weighted by Gasteiger charge is 2.05. The van der Waals surface area contributed by atoms with Crippen LogP contribution in [0.15, 0.2) is 29.3 Å². The molecule has 0 aromatic heterocycles. The van der Waals surface area contributed by atoms with Gasteiger partial charge in [0.1, 0.15) is 5.84 Å². The van der Waals surface area contributed by atoms with E-state index in [9.17, 15) is 0 Å². The molecule has 0 unspecified atom stereocenters. The molecule has 1 aromatic carbocycles. The summed E-state index contributed by atoms with van der Waals surface area (Å²) >= 11 is 0. The summed E-state index contributed by atoms with van der Waals surface area (Å²) < 4.78 is 0. The normalized spacial score (nSPS) is 15.5. The molecule has 3 nitrogen and oxygen atoms in total. The molecule has 1 aliphatic rings.